The zero-order valence-corrected chi connectivity index (χ0v) is 9.15. The Morgan fingerprint density at radius 2 is 1.83 bits per heavy atom. The van der Waals surface area contributed by atoms with Crippen LogP contribution in [0.5, 0.6) is 0 Å². The lowest BCUT2D eigenvalue weighted by atomic mass is 10.0. The molecule has 0 atom stereocenters. The number of hydrogen-bond donors (Lipinski definition) is 1. The van der Waals surface area contributed by atoms with Gasteiger partial charge in [0.2, 0.25) is 0 Å². The van der Waals surface area contributed by atoms with Crippen LogP contribution in [0.3, 0.4) is 0 Å². The van der Waals surface area contributed by atoms with Crippen molar-refractivity contribution in [1.29, 1.82) is 0 Å². The summed E-state index contributed by atoms with van der Waals surface area (Å²) < 4.78 is 37.8. The summed E-state index contributed by atoms with van der Waals surface area (Å²) in [6.45, 7) is -0.421. The van der Waals surface area contributed by atoms with E-state index in [1.807, 2.05) is 0 Å². The number of pyridine rings is 2. The number of halogens is 3. The molecule has 2 rings (SSSR count). The van der Waals surface area contributed by atoms with E-state index in [0.717, 1.165) is 12.3 Å². The number of aliphatic hydroxyl groups excluding tert-OH is 1. The zero-order chi connectivity index (χ0) is 13.2. The summed E-state index contributed by atoms with van der Waals surface area (Å²) in [5.41, 5.74) is 0.156. The molecule has 2 aromatic rings. The van der Waals surface area contributed by atoms with E-state index in [1.165, 1.54) is 12.4 Å². The largest absolute Gasteiger partial charge is 0.417 e. The van der Waals surface area contributed by atoms with Gasteiger partial charge in [0.05, 0.1) is 17.9 Å². The minimum atomic E-state index is -4.46. The first-order valence-corrected chi connectivity index (χ1v) is 5.09. The standard InChI is InChI=1S/C12H9F3N2O/c13-12(14,15)9-5-10(11(7-18)17-6-9)8-1-3-16-4-2-8/h1-6,18H,7H2. The van der Waals surface area contributed by atoms with E-state index in [1.54, 1.807) is 12.1 Å². The lowest BCUT2D eigenvalue weighted by Gasteiger charge is -2.11. The maximum absolute atomic E-state index is 12.6. The Morgan fingerprint density at radius 3 is 2.39 bits per heavy atom. The number of nitrogens with zero attached hydrogens (tertiary/aromatic N) is 2. The van der Waals surface area contributed by atoms with E-state index in [-0.39, 0.29) is 11.3 Å². The summed E-state index contributed by atoms with van der Waals surface area (Å²) in [7, 11) is 0. The van der Waals surface area contributed by atoms with Crippen molar-refractivity contribution >= 4 is 0 Å². The molecular formula is C12H9F3N2O. The second kappa shape index (κ2) is 4.73. The van der Waals surface area contributed by atoms with Gasteiger partial charge in [0.1, 0.15) is 0 Å². The maximum Gasteiger partial charge on any atom is 0.417 e. The van der Waals surface area contributed by atoms with E-state index in [0.29, 0.717) is 5.56 Å². The van der Waals surface area contributed by atoms with E-state index in [4.69, 9.17) is 5.11 Å². The second-order valence-electron chi connectivity index (χ2n) is 3.61. The van der Waals surface area contributed by atoms with Gasteiger partial charge in [-0.2, -0.15) is 13.2 Å². The number of aliphatic hydroxyl groups is 1. The number of aromatic nitrogens is 2. The van der Waals surface area contributed by atoms with Crippen LogP contribution in [0.4, 0.5) is 13.2 Å². The molecule has 1 N–H and O–H groups in total. The van der Waals surface area contributed by atoms with Crippen molar-refractivity contribution in [3.63, 3.8) is 0 Å². The Balaban J connectivity index is 2.57. The summed E-state index contributed by atoms with van der Waals surface area (Å²) >= 11 is 0. The van der Waals surface area contributed by atoms with Crippen LogP contribution in [-0.4, -0.2) is 15.1 Å². The van der Waals surface area contributed by atoms with E-state index in [2.05, 4.69) is 9.97 Å². The highest BCUT2D eigenvalue weighted by Gasteiger charge is 2.31. The number of alkyl halides is 3. The van der Waals surface area contributed by atoms with Crippen LogP contribution in [0.15, 0.2) is 36.8 Å². The second-order valence-corrected chi connectivity index (χ2v) is 3.61. The molecule has 2 heterocycles. The highest BCUT2D eigenvalue weighted by Crippen LogP contribution is 2.32. The third-order valence-electron chi connectivity index (χ3n) is 2.44. The molecule has 0 saturated heterocycles. The van der Waals surface area contributed by atoms with Crippen molar-refractivity contribution in [2.24, 2.45) is 0 Å². The number of hydrogen-bond acceptors (Lipinski definition) is 3. The minimum absolute atomic E-state index is 0.203. The van der Waals surface area contributed by atoms with Gasteiger partial charge in [0.25, 0.3) is 0 Å². The Bertz CT molecular complexity index is 541. The molecule has 0 aliphatic heterocycles. The van der Waals surface area contributed by atoms with Crippen molar-refractivity contribution in [2.75, 3.05) is 0 Å². The van der Waals surface area contributed by atoms with E-state index in [9.17, 15) is 13.2 Å². The third kappa shape index (κ3) is 2.48. The lowest BCUT2D eigenvalue weighted by Crippen LogP contribution is -2.07. The van der Waals surface area contributed by atoms with Gasteiger partial charge in [0, 0.05) is 24.2 Å². The van der Waals surface area contributed by atoms with Crippen LogP contribution in [0, 0.1) is 0 Å². The van der Waals surface area contributed by atoms with Crippen LogP contribution in [0.25, 0.3) is 11.1 Å². The van der Waals surface area contributed by atoms with Gasteiger partial charge < -0.3 is 5.11 Å². The molecule has 0 radical (unpaired) electrons. The monoisotopic (exact) mass is 254 g/mol. The van der Waals surface area contributed by atoms with Crippen molar-refractivity contribution < 1.29 is 18.3 Å². The first-order valence-electron chi connectivity index (χ1n) is 5.09. The van der Waals surface area contributed by atoms with Gasteiger partial charge >= 0.3 is 6.18 Å². The molecule has 0 spiro atoms. The van der Waals surface area contributed by atoms with E-state index < -0.39 is 18.3 Å². The molecule has 0 aliphatic rings. The molecule has 94 valence electrons. The Labute approximate surface area is 101 Å². The molecule has 6 heteroatoms. The van der Waals surface area contributed by atoms with Crippen LogP contribution < -0.4 is 0 Å². The van der Waals surface area contributed by atoms with Gasteiger partial charge in [-0.15, -0.1) is 0 Å². The van der Waals surface area contributed by atoms with Crippen molar-refractivity contribution in [1.82, 2.24) is 9.97 Å². The highest BCUT2D eigenvalue weighted by molar-refractivity contribution is 5.66. The van der Waals surface area contributed by atoms with Crippen molar-refractivity contribution in [3.05, 3.63) is 48.0 Å². The average molecular weight is 254 g/mol. The molecular weight excluding hydrogens is 245 g/mol. The van der Waals surface area contributed by atoms with Gasteiger partial charge in [-0.3, -0.25) is 9.97 Å². The van der Waals surface area contributed by atoms with Gasteiger partial charge in [-0.05, 0) is 23.8 Å². The molecule has 0 bridgehead atoms. The summed E-state index contributed by atoms with van der Waals surface area (Å²) in [6, 6.07) is 4.11. The fourth-order valence-corrected chi connectivity index (χ4v) is 1.56. The topological polar surface area (TPSA) is 46.0 Å². The molecule has 3 nitrogen and oxygen atoms in total. The number of rotatable bonds is 2. The van der Waals surface area contributed by atoms with Crippen LogP contribution in [0.2, 0.25) is 0 Å². The minimum Gasteiger partial charge on any atom is -0.390 e. The first-order chi connectivity index (χ1) is 8.52. The first kappa shape index (κ1) is 12.5. The SMILES string of the molecule is OCc1ncc(C(F)(F)F)cc1-c1ccncc1. The Morgan fingerprint density at radius 1 is 1.17 bits per heavy atom. The van der Waals surface area contributed by atoms with Crippen LogP contribution in [0.1, 0.15) is 11.3 Å². The van der Waals surface area contributed by atoms with Crippen molar-refractivity contribution in [3.8, 4) is 11.1 Å². The Kier molecular flexibility index (Phi) is 3.29. The molecule has 0 saturated carbocycles. The van der Waals surface area contributed by atoms with Crippen molar-refractivity contribution in [2.45, 2.75) is 12.8 Å². The molecule has 0 unspecified atom stereocenters. The quantitative estimate of drug-likeness (QED) is 0.896. The van der Waals surface area contributed by atoms with Crippen LogP contribution >= 0.6 is 0 Å². The predicted molar refractivity (Wildman–Crippen MR) is 58.4 cm³/mol. The predicted octanol–water partition coefficient (Wildman–Crippen LogP) is 2.65. The van der Waals surface area contributed by atoms with Gasteiger partial charge in [0.15, 0.2) is 0 Å². The Hall–Kier alpha value is -1.95. The molecule has 0 aromatic carbocycles. The smallest absolute Gasteiger partial charge is 0.390 e. The zero-order valence-electron chi connectivity index (χ0n) is 9.15. The summed E-state index contributed by atoms with van der Waals surface area (Å²) in [6.07, 6.45) is -0.799. The summed E-state index contributed by atoms with van der Waals surface area (Å²) in [5.74, 6) is 0. The molecule has 2 aromatic heterocycles. The third-order valence-corrected chi connectivity index (χ3v) is 2.44. The molecule has 0 aliphatic carbocycles. The fraction of sp³-hybridized carbons (Fsp3) is 0.167. The molecule has 0 amide bonds. The fourth-order valence-electron chi connectivity index (χ4n) is 1.56. The van der Waals surface area contributed by atoms with E-state index >= 15 is 0 Å². The summed E-state index contributed by atoms with van der Waals surface area (Å²) in [5, 5.41) is 9.11. The average Bonchev–Trinajstić information content (AvgIpc) is 2.38. The molecule has 0 fully saturated rings. The highest BCUT2D eigenvalue weighted by atomic mass is 19.4. The van der Waals surface area contributed by atoms with Gasteiger partial charge in [-0.1, -0.05) is 0 Å². The maximum atomic E-state index is 12.6. The van der Waals surface area contributed by atoms with Gasteiger partial charge in [-0.25, -0.2) is 0 Å². The van der Waals surface area contributed by atoms with Crippen LogP contribution in [-0.2, 0) is 12.8 Å². The summed E-state index contributed by atoms with van der Waals surface area (Å²) in [4.78, 5) is 7.44. The lowest BCUT2D eigenvalue weighted by molar-refractivity contribution is -0.137. The molecule has 18 heavy (non-hydrogen) atoms. The normalized spacial score (nSPS) is 11.6.